The van der Waals surface area contributed by atoms with Gasteiger partial charge in [-0.1, -0.05) is 29.8 Å². The highest BCUT2D eigenvalue weighted by molar-refractivity contribution is 9.10. The molecule has 0 spiro atoms. The quantitative estimate of drug-likeness (QED) is 0.914. The number of nitrogens with zero attached hydrogens (tertiary/aromatic N) is 1. The van der Waals surface area contributed by atoms with Gasteiger partial charge in [0.05, 0.1) is 0 Å². The molecule has 0 bridgehead atoms. The topological polar surface area (TPSA) is 68.0 Å². The number of carbonyl (C=O) groups excluding carboxylic acids is 1. The summed E-state index contributed by atoms with van der Waals surface area (Å²) in [5.41, 5.74) is 7.83. The molecule has 0 aliphatic carbocycles. The van der Waals surface area contributed by atoms with Gasteiger partial charge in [0, 0.05) is 10.7 Å². The molecule has 1 aromatic carbocycles. The highest BCUT2D eigenvalue weighted by Gasteiger charge is 2.15. The van der Waals surface area contributed by atoms with E-state index in [0.717, 1.165) is 15.6 Å². The molecule has 0 fully saturated rings. The summed E-state index contributed by atoms with van der Waals surface area (Å²) in [6, 6.07) is 10.4. The van der Waals surface area contributed by atoms with Crippen LogP contribution < -0.4 is 11.1 Å². The Labute approximate surface area is 120 Å². The zero-order chi connectivity index (χ0) is 13.8. The summed E-state index contributed by atoms with van der Waals surface area (Å²) in [6.07, 6.45) is 1.62. The van der Waals surface area contributed by atoms with E-state index >= 15 is 0 Å². The lowest BCUT2D eigenvalue weighted by atomic mass is 10.1. The first kappa shape index (κ1) is 13.7. The number of nitrogens with one attached hydrogen (secondary N) is 1. The van der Waals surface area contributed by atoms with Crippen LogP contribution in [0.2, 0.25) is 0 Å². The largest absolute Gasteiger partial charge is 0.316 e. The third-order valence-electron chi connectivity index (χ3n) is 2.70. The third-order valence-corrected chi connectivity index (χ3v) is 3.17. The second-order valence-corrected chi connectivity index (χ2v) is 5.15. The fourth-order valence-corrected chi connectivity index (χ4v) is 1.81. The van der Waals surface area contributed by atoms with Gasteiger partial charge in [0.1, 0.15) is 11.9 Å². The van der Waals surface area contributed by atoms with Crippen LogP contribution in [0.3, 0.4) is 0 Å². The van der Waals surface area contributed by atoms with Crippen molar-refractivity contribution >= 4 is 27.7 Å². The van der Waals surface area contributed by atoms with Crippen molar-refractivity contribution in [3.63, 3.8) is 0 Å². The van der Waals surface area contributed by atoms with Crippen LogP contribution in [0.5, 0.6) is 0 Å². The smallest absolute Gasteiger partial charge is 0.247 e. The van der Waals surface area contributed by atoms with Gasteiger partial charge in [0.2, 0.25) is 5.91 Å². The molecule has 19 heavy (non-hydrogen) atoms. The Bertz CT molecular complexity index is 566. The van der Waals surface area contributed by atoms with Gasteiger partial charge in [-0.25, -0.2) is 4.98 Å². The Morgan fingerprint density at radius 3 is 2.53 bits per heavy atom. The van der Waals surface area contributed by atoms with Gasteiger partial charge >= 0.3 is 0 Å². The minimum Gasteiger partial charge on any atom is -0.316 e. The summed E-state index contributed by atoms with van der Waals surface area (Å²) in [4.78, 5) is 16.1. The molecule has 2 rings (SSSR count). The fourth-order valence-electron chi connectivity index (χ4n) is 1.58. The summed E-state index contributed by atoms with van der Waals surface area (Å²) in [7, 11) is 0. The van der Waals surface area contributed by atoms with Crippen molar-refractivity contribution in [2.75, 3.05) is 5.32 Å². The number of benzene rings is 1. The van der Waals surface area contributed by atoms with Crippen molar-refractivity contribution in [2.45, 2.75) is 13.0 Å². The number of hydrogen-bond donors (Lipinski definition) is 2. The Kier molecular flexibility index (Phi) is 4.29. The van der Waals surface area contributed by atoms with Gasteiger partial charge in [0.25, 0.3) is 0 Å². The van der Waals surface area contributed by atoms with E-state index in [2.05, 4.69) is 26.2 Å². The molecule has 0 saturated carbocycles. The maximum atomic E-state index is 12.0. The number of hydrogen-bond acceptors (Lipinski definition) is 3. The van der Waals surface area contributed by atoms with Gasteiger partial charge in [-0.15, -0.1) is 0 Å². The van der Waals surface area contributed by atoms with Crippen LogP contribution in [0.1, 0.15) is 17.2 Å². The number of aromatic nitrogens is 1. The number of aryl methyl sites for hydroxylation is 1. The molecule has 0 saturated heterocycles. The second-order valence-electron chi connectivity index (χ2n) is 4.24. The van der Waals surface area contributed by atoms with E-state index < -0.39 is 6.04 Å². The maximum Gasteiger partial charge on any atom is 0.247 e. The molecule has 1 aromatic heterocycles. The molecule has 1 unspecified atom stereocenters. The van der Waals surface area contributed by atoms with Crippen LogP contribution in [0, 0.1) is 6.92 Å². The first-order chi connectivity index (χ1) is 9.06. The molecule has 0 aliphatic rings. The molecule has 1 amide bonds. The number of halogens is 1. The van der Waals surface area contributed by atoms with Crippen LogP contribution in [0.15, 0.2) is 47.1 Å². The average molecular weight is 320 g/mol. The highest BCUT2D eigenvalue weighted by atomic mass is 79.9. The van der Waals surface area contributed by atoms with Crippen molar-refractivity contribution in [1.29, 1.82) is 0 Å². The number of amides is 1. The van der Waals surface area contributed by atoms with Gasteiger partial charge in [-0.05, 0) is 40.5 Å². The number of pyridine rings is 1. The van der Waals surface area contributed by atoms with Crippen LogP contribution >= 0.6 is 15.9 Å². The van der Waals surface area contributed by atoms with E-state index in [-0.39, 0.29) is 5.91 Å². The molecule has 4 nitrogen and oxygen atoms in total. The zero-order valence-corrected chi connectivity index (χ0v) is 12.0. The maximum absolute atomic E-state index is 12.0. The molecule has 0 radical (unpaired) electrons. The summed E-state index contributed by atoms with van der Waals surface area (Å²) >= 11 is 3.28. The molecule has 98 valence electrons. The van der Waals surface area contributed by atoms with Gasteiger partial charge < -0.3 is 11.1 Å². The van der Waals surface area contributed by atoms with Crippen LogP contribution in [-0.4, -0.2) is 10.9 Å². The minimum atomic E-state index is -0.703. The lowest BCUT2D eigenvalue weighted by Crippen LogP contribution is -2.28. The van der Waals surface area contributed by atoms with Crippen molar-refractivity contribution in [3.8, 4) is 0 Å². The van der Waals surface area contributed by atoms with Gasteiger partial charge in [0.15, 0.2) is 0 Å². The van der Waals surface area contributed by atoms with Crippen molar-refractivity contribution in [3.05, 3.63) is 58.2 Å². The molecular weight excluding hydrogens is 306 g/mol. The molecular formula is C14H14BrN3O. The number of rotatable bonds is 3. The Balaban J connectivity index is 2.07. The summed E-state index contributed by atoms with van der Waals surface area (Å²) in [6.45, 7) is 1.99. The predicted molar refractivity (Wildman–Crippen MR) is 78.7 cm³/mol. The standard InChI is InChI=1S/C14H14BrN3O/c1-9-2-4-10(5-3-9)13(16)14(19)18-12-7-6-11(15)8-17-12/h2-8,13H,16H2,1H3,(H,17,18,19). The summed E-state index contributed by atoms with van der Waals surface area (Å²) in [5, 5.41) is 2.69. The van der Waals surface area contributed by atoms with Gasteiger partial charge in [-0.2, -0.15) is 0 Å². The van der Waals surface area contributed by atoms with Crippen LogP contribution in [-0.2, 0) is 4.79 Å². The SMILES string of the molecule is Cc1ccc(C(N)C(=O)Nc2ccc(Br)cn2)cc1. The summed E-state index contributed by atoms with van der Waals surface area (Å²) in [5.74, 6) is 0.203. The van der Waals surface area contributed by atoms with E-state index in [0.29, 0.717) is 5.82 Å². The zero-order valence-electron chi connectivity index (χ0n) is 10.4. The van der Waals surface area contributed by atoms with Crippen molar-refractivity contribution in [2.24, 2.45) is 5.73 Å². The van der Waals surface area contributed by atoms with Crippen LogP contribution in [0.4, 0.5) is 5.82 Å². The van der Waals surface area contributed by atoms with E-state index in [1.165, 1.54) is 0 Å². The van der Waals surface area contributed by atoms with Gasteiger partial charge in [-0.3, -0.25) is 4.79 Å². The number of nitrogens with two attached hydrogens (primary N) is 1. The normalized spacial score (nSPS) is 11.9. The predicted octanol–water partition coefficient (Wildman–Crippen LogP) is 2.79. The lowest BCUT2D eigenvalue weighted by molar-refractivity contribution is -0.117. The monoisotopic (exact) mass is 319 g/mol. The Hall–Kier alpha value is -1.72. The first-order valence-corrected chi connectivity index (χ1v) is 6.60. The lowest BCUT2D eigenvalue weighted by Gasteiger charge is -2.12. The first-order valence-electron chi connectivity index (χ1n) is 5.81. The van der Waals surface area contributed by atoms with Crippen LogP contribution in [0.25, 0.3) is 0 Å². The highest BCUT2D eigenvalue weighted by Crippen LogP contribution is 2.15. The molecule has 5 heteroatoms. The van der Waals surface area contributed by atoms with E-state index in [4.69, 9.17) is 5.73 Å². The molecule has 1 atom stereocenters. The Morgan fingerprint density at radius 1 is 1.26 bits per heavy atom. The second kappa shape index (κ2) is 5.95. The third kappa shape index (κ3) is 3.62. The molecule has 0 aliphatic heterocycles. The molecule has 2 aromatic rings. The fraction of sp³-hybridized carbons (Fsp3) is 0.143. The Morgan fingerprint density at radius 2 is 1.95 bits per heavy atom. The average Bonchev–Trinajstić information content (AvgIpc) is 2.41. The van der Waals surface area contributed by atoms with Crippen molar-refractivity contribution in [1.82, 2.24) is 4.98 Å². The summed E-state index contributed by atoms with van der Waals surface area (Å²) < 4.78 is 0.855. The van der Waals surface area contributed by atoms with E-state index in [9.17, 15) is 4.79 Å². The number of anilines is 1. The number of carbonyl (C=O) groups is 1. The minimum absolute atomic E-state index is 0.279. The molecule has 3 N–H and O–H groups in total. The van der Waals surface area contributed by atoms with E-state index in [1.54, 1.807) is 18.3 Å². The van der Waals surface area contributed by atoms with E-state index in [1.807, 2.05) is 31.2 Å². The van der Waals surface area contributed by atoms with Crippen molar-refractivity contribution < 1.29 is 4.79 Å². The molecule has 1 heterocycles.